The third-order valence-electron chi connectivity index (χ3n) is 4.70. The van der Waals surface area contributed by atoms with Gasteiger partial charge in [0.25, 0.3) is 0 Å². The molecule has 0 radical (unpaired) electrons. The van der Waals surface area contributed by atoms with Crippen LogP contribution in [0.15, 0.2) is 48.5 Å². The molecule has 0 aliphatic carbocycles. The van der Waals surface area contributed by atoms with Crippen LogP contribution in [0.4, 0.5) is 4.79 Å². The van der Waals surface area contributed by atoms with E-state index in [-0.39, 0.29) is 24.5 Å². The van der Waals surface area contributed by atoms with Gasteiger partial charge in [-0.2, -0.15) is 0 Å². The first-order valence-corrected chi connectivity index (χ1v) is 8.48. The molecule has 0 bridgehead atoms. The molecule has 26 heavy (non-hydrogen) atoms. The average molecular weight is 376 g/mol. The molecule has 2 aromatic carbocycles. The van der Waals surface area contributed by atoms with Gasteiger partial charge in [0.2, 0.25) is 0 Å². The molecule has 3 rings (SSSR count). The van der Waals surface area contributed by atoms with Crippen molar-refractivity contribution in [3.8, 4) is 5.75 Å². The summed E-state index contributed by atoms with van der Waals surface area (Å²) in [5.74, 6) is 0.833. The summed E-state index contributed by atoms with van der Waals surface area (Å²) in [5.41, 5.74) is 3.62. The highest BCUT2D eigenvalue weighted by Gasteiger charge is 2.24. The predicted octanol–water partition coefficient (Wildman–Crippen LogP) is 3.45. The Bertz CT molecular complexity index is 709. The normalized spacial score (nSPS) is 13.8. The summed E-state index contributed by atoms with van der Waals surface area (Å²) in [7, 11) is 5.70. The highest BCUT2D eigenvalue weighted by Crippen LogP contribution is 2.23. The monoisotopic (exact) mass is 375 g/mol. The number of amides is 2. The summed E-state index contributed by atoms with van der Waals surface area (Å²) in [6.07, 6.45) is 0. The van der Waals surface area contributed by atoms with Gasteiger partial charge in [-0.25, -0.2) is 4.79 Å². The minimum Gasteiger partial charge on any atom is -0.497 e. The molecule has 1 N–H and O–H groups in total. The van der Waals surface area contributed by atoms with Crippen LogP contribution in [0.25, 0.3) is 0 Å². The number of benzene rings is 2. The van der Waals surface area contributed by atoms with Gasteiger partial charge < -0.3 is 19.9 Å². The number of nitrogens with zero attached hydrogens (tertiary/aromatic N) is 2. The molecule has 1 heterocycles. The van der Waals surface area contributed by atoms with E-state index in [9.17, 15) is 4.79 Å². The zero-order valence-corrected chi connectivity index (χ0v) is 16.3. The lowest BCUT2D eigenvalue weighted by Gasteiger charge is -2.26. The largest absolute Gasteiger partial charge is 0.497 e. The van der Waals surface area contributed by atoms with Gasteiger partial charge in [-0.15, -0.1) is 12.4 Å². The molecule has 0 saturated carbocycles. The second-order valence-corrected chi connectivity index (χ2v) is 6.56. The molecule has 6 heteroatoms. The van der Waals surface area contributed by atoms with E-state index in [0.29, 0.717) is 19.6 Å². The Morgan fingerprint density at radius 1 is 1.12 bits per heavy atom. The number of fused-ring (bicyclic) bond motifs is 1. The number of carbonyl (C=O) groups excluding carboxylic acids is 1. The summed E-state index contributed by atoms with van der Waals surface area (Å²) in [5, 5.41) is 3.08. The number of rotatable bonds is 5. The average Bonchev–Trinajstić information content (AvgIpc) is 3.06. The van der Waals surface area contributed by atoms with Gasteiger partial charge in [0.1, 0.15) is 5.75 Å². The van der Waals surface area contributed by atoms with Crippen molar-refractivity contribution in [2.75, 3.05) is 27.7 Å². The number of carbonyl (C=O) groups is 1. The van der Waals surface area contributed by atoms with E-state index >= 15 is 0 Å². The second-order valence-electron chi connectivity index (χ2n) is 6.56. The van der Waals surface area contributed by atoms with Crippen molar-refractivity contribution in [2.45, 2.75) is 19.1 Å². The molecule has 1 unspecified atom stereocenters. The Hall–Kier alpha value is -2.24. The lowest BCUT2D eigenvalue weighted by molar-refractivity contribution is 0.193. The highest BCUT2D eigenvalue weighted by molar-refractivity contribution is 5.85. The number of halogens is 1. The molecule has 1 aliphatic heterocycles. The SMILES string of the molecule is COc1ccc(C(CNC(=O)N2Cc3ccccc3C2)N(C)C)cc1.Cl. The number of methoxy groups -OCH3 is 1. The van der Waals surface area contributed by atoms with Gasteiger partial charge in [0.15, 0.2) is 0 Å². The van der Waals surface area contributed by atoms with Gasteiger partial charge in [-0.1, -0.05) is 36.4 Å². The van der Waals surface area contributed by atoms with Crippen LogP contribution in [0.3, 0.4) is 0 Å². The van der Waals surface area contributed by atoms with Crippen LogP contribution in [0, 0.1) is 0 Å². The quantitative estimate of drug-likeness (QED) is 0.870. The molecule has 1 atom stereocenters. The van der Waals surface area contributed by atoms with Crippen molar-refractivity contribution in [3.05, 3.63) is 65.2 Å². The van der Waals surface area contributed by atoms with Crippen molar-refractivity contribution in [2.24, 2.45) is 0 Å². The molecule has 0 aromatic heterocycles. The van der Waals surface area contributed by atoms with E-state index < -0.39 is 0 Å². The minimum atomic E-state index is -0.0171. The van der Waals surface area contributed by atoms with Crippen molar-refractivity contribution < 1.29 is 9.53 Å². The first kappa shape index (κ1) is 20.1. The second kappa shape index (κ2) is 8.92. The fourth-order valence-corrected chi connectivity index (χ4v) is 3.20. The summed E-state index contributed by atoms with van der Waals surface area (Å²) in [6.45, 7) is 1.92. The molecule has 5 nitrogen and oxygen atoms in total. The van der Waals surface area contributed by atoms with E-state index in [1.54, 1.807) is 7.11 Å². The molecular formula is C20H26ClN3O2. The molecule has 0 spiro atoms. The first-order valence-electron chi connectivity index (χ1n) is 8.48. The minimum absolute atomic E-state index is 0. The molecule has 0 fully saturated rings. The Labute approximate surface area is 161 Å². The predicted molar refractivity (Wildman–Crippen MR) is 106 cm³/mol. The number of urea groups is 1. The van der Waals surface area contributed by atoms with E-state index in [1.807, 2.05) is 55.4 Å². The van der Waals surface area contributed by atoms with Crippen LogP contribution in [0.2, 0.25) is 0 Å². The Balaban J connectivity index is 0.00000243. The molecule has 2 aromatic rings. The third kappa shape index (κ3) is 4.48. The summed E-state index contributed by atoms with van der Waals surface area (Å²) in [6, 6.07) is 16.3. The number of hydrogen-bond donors (Lipinski definition) is 1. The van der Waals surface area contributed by atoms with Crippen LogP contribution < -0.4 is 10.1 Å². The van der Waals surface area contributed by atoms with Crippen molar-refractivity contribution in [1.82, 2.24) is 15.1 Å². The smallest absolute Gasteiger partial charge is 0.318 e. The van der Waals surface area contributed by atoms with E-state index in [0.717, 1.165) is 11.3 Å². The zero-order valence-electron chi connectivity index (χ0n) is 15.4. The topological polar surface area (TPSA) is 44.8 Å². The summed E-state index contributed by atoms with van der Waals surface area (Å²) < 4.78 is 5.22. The molecule has 0 saturated heterocycles. The van der Waals surface area contributed by atoms with Crippen molar-refractivity contribution >= 4 is 18.4 Å². The van der Waals surface area contributed by atoms with Gasteiger partial charge in [-0.3, -0.25) is 0 Å². The molecule has 2 amide bonds. The Kier molecular flexibility index (Phi) is 6.89. The fraction of sp³-hybridized carbons (Fsp3) is 0.350. The highest BCUT2D eigenvalue weighted by atomic mass is 35.5. The standard InChI is InChI=1S/C20H25N3O2.ClH/c1-22(2)19(15-8-10-18(25-3)11-9-15)12-21-20(24)23-13-16-6-4-5-7-17(16)14-23;/h4-11,19H,12-14H2,1-3H3,(H,21,24);1H. The van der Waals surface area contributed by atoms with Crippen LogP contribution in [0.1, 0.15) is 22.7 Å². The summed E-state index contributed by atoms with van der Waals surface area (Å²) in [4.78, 5) is 16.5. The van der Waals surface area contributed by atoms with Crippen LogP contribution in [0.5, 0.6) is 5.75 Å². The zero-order chi connectivity index (χ0) is 17.8. The van der Waals surface area contributed by atoms with Crippen molar-refractivity contribution in [1.29, 1.82) is 0 Å². The van der Waals surface area contributed by atoms with Gasteiger partial charge in [-0.05, 0) is 42.9 Å². The van der Waals surface area contributed by atoms with Crippen molar-refractivity contribution in [3.63, 3.8) is 0 Å². The molecule has 140 valence electrons. The maximum Gasteiger partial charge on any atom is 0.318 e. The Morgan fingerprint density at radius 2 is 1.69 bits per heavy atom. The fourth-order valence-electron chi connectivity index (χ4n) is 3.20. The van der Waals surface area contributed by atoms with E-state index in [2.05, 4.69) is 22.3 Å². The number of nitrogens with one attached hydrogen (secondary N) is 1. The lowest BCUT2D eigenvalue weighted by atomic mass is 10.1. The van der Waals surface area contributed by atoms with E-state index in [1.165, 1.54) is 11.1 Å². The van der Waals surface area contributed by atoms with Crippen LogP contribution in [-0.2, 0) is 13.1 Å². The van der Waals surface area contributed by atoms with E-state index in [4.69, 9.17) is 4.74 Å². The van der Waals surface area contributed by atoms with Gasteiger partial charge >= 0.3 is 6.03 Å². The number of hydrogen-bond acceptors (Lipinski definition) is 3. The number of likely N-dealkylation sites (N-methyl/N-ethyl adjacent to an activating group) is 1. The van der Waals surface area contributed by atoms with Crippen LogP contribution >= 0.6 is 12.4 Å². The third-order valence-corrected chi connectivity index (χ3v) is 4.70. The maximum atomic E-state index is 12.5. The molecule has 1 aliphatic rings. The number of ether oxygens (including phenoxy) is 1. The first-order chi connectivity index (χ1) is 12.1. The Morgan fingerprint density at radius 3 is 2.19 bits per heavy atom. The van der Waals surface area contributed by atoms with Crippen LogP contribution in [-0.4, -0.2) is 43.6 Å². The maximum absolute atomic E-state index is 12.5. The van der Waals surface area contributed by atoms with Gasteiger partial charge in [0.05, 0.1) is 13.2 Å². The summed E-state index contributed by atoms with van der Waals surface area (Å²) >= 11 is 0. The lowest BCUT2D eigenvalue weighted by Crippen LogP contribution is -2.41. The molecular weight excluding hydrogens is 350 g/mol. The van der Waals surface area contributed by atoms with Gasteiger partial charge in [0, 0.05) is 19.6 Å².